The number of imidazole rings is 2. The van der Waals surface area contributed by atoms with E-state index in [2.05, 4.69) is 76.1 Å². The maximum Gasteiger partial charge on any atom is 0.407 e. The molecule has 11 rings (SSSR count). The summed E-state index contributed by atoms with van der Waals surface area (Å²) >= 11 is 1.19. The Balaban J connectivity index is 0.666. The highest BCUT2D eigenvalue weighted by Gasteiger charge is 2.41. The van der Waals surface area contributed by atoms with E-state index in [-0.39, 0.29) is 58.6 Å². The number of aromatic amines is 2. The van der Waals surface area contributed by atoms with Gasteiger partial charge in [0.05, 0.1) is 48.7 Å². The molecular formula is C63H74N10O8S. The Hall–Kier alpha value is -7.80. The minimum absolute atomic E-state index is 0.0110. The van der Waals surface area contributed by atoms with Crippen LogP contribution in [0.5, 0.6) is 0 Å². The number of piperidine rings is 1. The maximum atomic E-state index is 14.5. The van der Waals surface area contributed by atoms with Gasteiger partial charge in [0.15, 0.2) is 0 Å². The highest BCUT2D eigenvalue weighted by Crippen LogP contribution is 2.42. The number of anilines is 1. The van der Waals surface area contributed by atoms with Crippen molar-refractivity contribution in [1.82, 2.24) is 45.3 Å². The quantitative estimate of drug-likeness (QED) is 0.0512. The van der Waals surface area contributed by atoms with Gasteiger partial charge in [-0.05, 0) is 136 Å². The van der Waals surface area contributed by atoms with Crippen molar-refractivity contribution in [1.29, 1.82) is 0 Å². The molecule has 0 unspecified atom stereocenters. The zero-order valence-electron chi connectivity index (χ0n) is 46.8. The minimum atomic E-state index is -1.06. The van der Waals surface area contributed by atoms with Gasteiger partial charge in [-0.1, -0.05) is 85.8 Å². The average Bonchev–Trinajstić information content (AvgIpc) is 4.29. The molecule has 5 N–H and O–H groups in total. The summed E-state index contributed by atoms with van der Waals surface area (Å²) in [5, 5.41) is 16.2. The first-order valence-corrected chi connectivity index (χ1v) is 30.3. The summed E-state index contributed by atoms with van der Waals surface area (Å²) < 4.78 is 4.94. The highest BCUT2D eigenvalue weighted by molar-refractivity contribution is 7.18. The van der Waals surface area contributed by atoms with Crippen molar-refractivity contribution in [3.05, 3.63) is 114 Å². The summed E-state index contributed by atoms with van der Waals surface area (Å²) in [6, 6.07) is 26.5. The van der Waals surface area contributed by atoms with Gasteiger partial charge in [0.2, 0.25) is 17.7 Å². The van der Waals surface area contributed by atoms with E-state index in [1.807, 2.05) is 47.5 Å². The maximum absolute atomic E-state index is 14.5. The molecule has 0 bridgehead atoms. The number of carboxylic acid groups (broad SMARTS) is 1. The number of benzene rings is 3. The predicted octanol–water partition coefficient (Wildman–Crippen LogP) is 11.2. The lowest BCUT2D eigenvalue weighted by molar-refractivity contribution is -0.135. The Bertz CT molecular complexity index is 3230. The Labute approximate surface area is 482 Å². The van der Waals surface area contributed by atoms with E-state index >= 15 is 0 Å². The fourth-order valence-electron chi connectivity index (χ4n) is 12.6. The molecule has 0 radical (unpaired) electrons. The van der Waals surface area contributed by atoms with Crippen LogP contribution in [0.15, 0.2) is 97.3 Å². The highest BCUT2D eigenvalue weighted by atomic mass is 32.1. The number of nitrogens with one attached hydrogen (secondary N) is 4. The number of carboxylic acids is 1. The number of alkyl carbamates (subject to hydrolysis) is 1. The van der Waals surface area contributed by atoms with Gasteiger partial charge in [-0.25, -0.2) is 24.4 Å². The molecule has 0 spiro atoms. The lowest BCUT2D eigenvalue weighted by Gasteiger charge is -2.40. The van der Waals surface area contributed by atoms with Crippen LogP contribution >= 0.6 is 11.3 Å². The Kier molecular flexibility index (Phi) is 17.2. The average molecular weight is 1130 g/mol. The van der Waals surface area contributed by atoms with Crippen molar-refractivity contribution in [2.45, 2.75) is 127 Å². The summed E-state index contributed by atoms with van der Waals surface area (Å²) in [5.41, 5.74) is 7.19. The molecule has 18 nitrogen and oxygen atoms in total. The van der Waals surface area contributed by atoms with Crippen LogP contribution in [0.2, 0.25) is 0 Å². The number of hydrogen-bond donors (Lipinski definition) is 5. The molecule has 3 saturated heterocycles. The van der Waals surface area contributed by atoms with Crippen LogP contribution in [0.4, 0.5) is 15.3 Å². The first kappa shape index (κ1) is 56.1. The third-order valence-electron chi connectivity index (χ3n) is 17.5. The first-order valence-electron chi connectivity index (χ1n) is 29.5. The first-order chi connectivity index (χ1) is 39.9. The zero-order chi connectivity index (χ0) is 56.9. The number of carbonyl (C=O) groups is 6. The standard InChI is InChI=1S/C63H74N10O8S/c1-39-15-17-46(18-16-39)59(75)73(53-36-54(82-55(53)61(77)78)44-10-4-3-5-11-44)47-29-34-70(35-30-47)62(79)64-31-7-6-12-48(69-63(80)81-2)60(76)72-33-9-14-52(72)57-66-38-50(68-57)43-25-21-41(22-26-43)40-19-23-42(24-20-40)49-37-65-56(67-49)51-13-8-32-71(51)58(74)45-27-28-45/h3-5,10-11,19-26,36-39,45-48,51-52H,6-9,12-18,27-35H2,1-2H3,(H,64,79)(H,65,67)(H,66,68)(H,69,80)(H,77,78)/t39?,46?,48-,51-,52-/m0/s1. The van der Waals surface area contributed by atoms with E-state index in [9.17, 15) is 33.9 Å². The van der Waals surface area contributed by atoms with Crippen molar-refractivity contribution in [2.24, 2.45) is 17.8 Å². The second-order valence-electron chi connectivity index (χ2n) is 23.0. The van der Waals surface area contributed by atoms with Gasteiger partial charge in [-0.2, -0.15) is 0 Å². The van der Waals surface area contributed by atoms with Crippen molar-refractivity contribution in [3.63, 3.8) is 0 Å². The van der Waals surface area contributed by atoms with Gasteiger partial charge in [0, 0.05) is 55.5 Å². The van der Waals surface area contributed by atoms with Crippen LogP contribution < -0.4 is 15.5 Å². The fourth-order valence-corrected chi connectivity index (χ4v) is 13.6. The summed E-state index contributed by atoms with van der Waals surface area (Å²) in [4.78, 5) is 105. The number of urea groups is 1. The van der Waals surface area contributed by atoms with Gasteiger partial charge in [0.25, 0.3) is 0 Å². The molecular weight excluding hydrogens is 1060 g/mol. The van der Waals surface area contributed by atoms with Crippen molar-refractivity contribution in [2.75, 3.05) is 44.7 Å². The van der Waals surface area contributed by atoms with E-state index < -0.39 is 18.1 Å². The number of carbonyl (C=O) groups excluding carboxylic acids is 5. The van der Waals surface area contributed by atoms with Crippen LogP contribution in [-0.2, 0) is 19.1 Å². The number of H-pyrrole nitrogens is 2. The lowest BCUT2D eigenvalue weighted by Crippen LogP contribution is -2.52. The van der Waals surface area contributed by atoms with Gasteiger partial charge in [-0.3, -0.25) is 14.4 Å². The number of rotatable bonds is 18. The van der Waals surface area contributed by atoms with Crippen molar-refractivity contribution in [3.8, 4) is 44.1 Å². The largest absolute Gasteiger partial charge is 0.477 e. The molecule has 2 aliphatic carbocycles. The molecule has 82 heavy (non-hydrogen) atoms. The van der Waals surface area contributed by atoms with E-state index in [0.717, 1.165) is 114 Å². The van der Waals surface area contributed by atoms with Gasteiger partial charge >= 0.3 is 18.1 Å². The predicted molar refractivity (Wildman–Crippen MR) is 314 cm³/mol. The Morgan fingerprint density at radius 2 is 1.27 bits per heavy atom. The number of aromatic carboxylic acids is 1. The topological polar surface area (TPSA) is 226 Å². The van der Waals surface area contributed by atoms with Crippen LogP contribution in [0.25, 0.3) is 44.1 Å². The summed E-state index contributed by atoms with van der Waals surface area (Å²) in [6.45, 7) is 4.67. The molecule has 3 aliphatic heterocycles. The minimum Gasteiger partial charge on any atom is -0.477 e. The van der Waals surface area contributed by atoms with Gasteiger partial charge in [0.1, 0.15) is 22.6 Å². The van der Waals surface area contributed by atoms with E-state index in [4.69, 9.17) is 14.7 Å². The van der Waals surface area contributed by atoms with Crippen LogP contribution in [0.1, 0.15) is 137 Å². The molecule has 5 aliphatic rings. The number of nitrogens with zero attached hydrogens (tertiary/aromatic N) is 6. The molecule has 6 heterocycles. The number of aromatic nitrogens is 4. The summed E-state index contributed by atoms with van der Waals surface area (Å²) in [7, 11) is 1.27. The molecule has 3 atom stereocenters. The zero-order valence-corrected chi connectivity index (χ0v) is 47.6. The van der Waals surface area contributed by atoms with Crippen LogP contribution in [0, 0.1) is 17.8 Å². The molecule has 430 valence electrons. The summed E-state index contributed by atoms with van der Waals surface area (Å²) in [5.74, 6) is 1.04. The molecule has 3 aromatic heterocycles. The third kappa shape index (κ3) is 12.5. The number of likely N-dealkylation sites (tertiary alicyclic amines) is 3. The van der Waals surface area contributed by atoms with Crippen molar-refractivity contribution >= 4 is 52.8 Å². The molecule has 6 amide bonds. The SMILES string of the molecule is COC(=O)N[C@@H](CCCCNC(=O)N1CCC(N(C(=O)C2CCC(C)CC2)c2cc(-c3ccccc3)sc2C(=O)O)CC1)C(=O)N1CCC[C@H]1c1ncc(-c2ccc(-c3ccc(-c4cnc([C@@H]5CCCN5C(=O)C5CC5)[nH]4)cc3)cc2)[nH]1. The number of methoxy groups -OCH3 is 1. The van der Waals surface area contributed by atoms with Gasteiger partial charge < -0.3 is 50.0 Å². The number of ether oxygens (including phenoxy) is 1. The van der Waals surface area contributed by atoms with E-state index in [1.165, 1.54) is 18.4 Å². The van der Waals surface area contributed by atoms with Crippen LogP contribution in [0.3, 0.4) is 0 Å². The number of hydrogen-bond acceptors (Lipinski definition) is 10. The molecule has 3 aromatic carbocycles. The number of unbranched alkanes of at least 4 members (excludes halogenated alkanes) is 1. The lowest BCUT2D eigenvalue weighted by atomic mass is 9.82. The Morgan fingerprint density at radius 1 is 0.695 bits per heavy atom. The number of amides is 6. The monoisotopic (exact) mass is 1130 g/mol. The molecule has 19 heteroatoms. The normalized spacial score (nSPS) is 20.6. The second-order valence-corrected chi connectivity index (χ2v) is 24.0. The smallest absolute Gasteiger partial charge is 0.407 e. The van der Waals surface area contributed by atoms with Crippen LogP contribution in [-0.4, -0.2) is 127 Å². The van der Waals surface area contributed by atoms with E-state index in [1.54, 1.807) is 20.9 Å². The fraction of sp³-hybridized carbons (Fsp3) is 0.460. The van der Waals surface area contributed by atoms with Gasteiger partial charge in [-0.15, -0.1) is 11.3 Å². The summed E-state index contributed by atoms with van der Waals surface area (Å²) in [6.07, 6.45) is 14.3. The Morgan fingerprint density at radius 3 is 1.85 bits per heavy atom. The number of thiophene rings is 1. The molecule has 2 saturated carbocycles. The van der Waals surface area contributed by atoms with E-state index in [0.29, 0.717) is 82.1 Å². The second kappa shape index (κ2) is 25.1. The third-order valence-corrected chi connectivity index (χ3v) is 18.6. The molecule has 5 fully saturated rings. The molecule has 6 aromatic rings. The van der Waals surface area contributed by atoms with Crippen molar-refractivity contribution < 1.29 is 38.6 Å².